The fourth-order valence-corrected chi connectivity index (χ4v) is 1.64. The van der Waals surface area contributed by atoms with E-state index in [1.54, 1.807) is 0 Å². The van der Waals surface area contributed by atoms with Gasteiger partial charge in [-0.2, -0.15) is 5.26 Å². The number of rotatable bonds is 6. The van der Waals surface area contributed by atoms with Crippen molar-refractivity contribution < 1.29 is 0 Å². The van der Waals surface area contributed by atoms with Crippen LogP contribution < -0.4 is 5.32 Å². The highest BCUT2D eigenvalue weighted by Gasteiger charge is 2.05. The quantitative estimate of drug-likeness (QED) is 0.774. The molecule has 15 heavy (non-hydrogen) atoms. The highest BCUT2D eigenvalue weighted by molar-refractivity contribution is 5.07. The molecule has 0 bridgehead atoms. The van der Waals surface area contributed by atoms with Crippen LogP contribution in [0.2, 0.25) is 0 Å². The van der Waals surface area contributed by atoms with Gasteiger partial charge in [0.25, 0.3) is 0 Å². The largest absolute Gasteiger partial charge is 0.351 e. The second kappa shape index (κ2) is 6.26. The fraction of sp³-hybridized carbons (Fsp3) is 0.583. The molecule has 0 saturated carbocycles. The third kappa shape index (κ3) is 3.41. The Labute approximate surface area is 91.7 Å². The standard InChI is InChI=1S/C12H19N3/c1-3-11(7-8-13)14-10-12-6-5-9-15(12)4-2/h5-6,9,11,14H,3-4,7,10H2,1-2H3. The van der Waals surface area contributed by atoms with Crippen molar-refractivity contribution in [2.45, 2.75) is 45.8 Å². The molecule has 1 aromatic heterocycles. The summed E-state index contributed by atoms with van der Waals surface area (Å²) in [5.41, 5.74) is 1.29. The van der Waals surface area contributed by atoms with E-state index in [2.05, 4.69) is 48.1 Å². The average molecular weight is 205 g/mol. The Kier molecular flexibility index (Phi) is 4.92. The minimum Gasteiger partial charge on any atom is -0.351 e. The number of nitriles is 1. The molecule has 0 aliphatic carbocycles. The summed E-state index contributed by atoms with van der Waals surface area (Å²) in [6, 6.07) is 6.71. The first-order valence-electron chi connectivity index (χ1n) is 5.56. The Morgan fingerprint density at radius 3 is 2.93 bits per heavy atom. The van der Waals surface area contributed by atoms with E-state index in [9.17, 15) is 0 Å². The predicted octanol–water partition coefficient (Wildman–Crippen LogP) is 2.29. The second-order valence-electron chi connectivity index (χ2n) is 3.63. The molecule has 0 spiro atoms. The molecule has 3 heteroatoms. The van der Waals surface area contributed by atoms with Crippen molar-refractivity contribution in [3.8, 4) is 6.07 Å². The lowest BCUT2D eigenvalue weighted by Gasteiger charge is -2.14. The third-order valence-electron chi connectivity index (χ3n) is 2.67. The summed E-state index contributed by atoms with van der Waals surface area (Å²) in [6.07, 6.45) is 3.67. The van der Waals surface area contributed by atoms with Crippen molar-refractivity contribution in [3.05, 3.63) is 24.0 Å². The van der Waals surface area contributed by atoms with Crippen molar-refractivity contribution in [1.82, 2.24) is 9.88 Å². The van der Waals surface area contributed by atoms with Crippen LogP contribution >= 0.6 is 0 Å². The SMILES string of the molecule is CCC(CC#N)NCc1cccn1CC. The lowest BCUT2D eigenvalue weighted by atomic mass is 10.1. The molecule has 1 heterocycles. The Bertz CT molecular complexity index is 322. The van der Waals surface area contributed by atoms with Crippen molar-refractivity contribution in [2.75, 3.05) is 0 Å². The van der Waals surface area contributed by atoms with Gasteiger partial charge in [0.05, 0.1) is 12.5 Å². The van der Waals surface area contributed by atoms with E-state index in [0.29, 0.717) is 12.5 Å². The smallest absolute Gasteiger partial charge is 0.0638 e. The number of aromatic nitrogens is 1. The molecule has 0 fully saturated rings. The average Bonchev–Trinajstić information content (AvgIpc) is 2.71. The van der Waals surface area contributed by atoms with E-state index in [1.807, 2.05) is 0 Å². The van der Waals surface area contributed by atoms with Gasteiger partial charge in [0.2, 0.25) is 0 Å². The lowest BCUT2D eigenvalue weighted by molar-refractivity contribution is 0.492. The van der Waals surface area contributed by atoms with Gasteiger partial charge < -0.3 is 9.88 Å². The van der Waals surface area contributed by atoms with Crippen molar-refractivity contribution >= 4 is 0 Å². The van der Waals surface area contributed by atoms with E-state index < -0.39 is 0 Å². The molecule has 1 N–H and O–H groups in total. The van der Waals surface area contributed by atoms with Crippen LogP contribution in [0.15, 0.2) is 18.3 Å². The number of nitrogens with one attached hydrogen (secondary N) is 1. The molecular formula is C12H19N3. The van der Waals surface area contributed by atoms with Crippen LogP contribution in [0.25, 0.3) is 0 Å². The highest BCUT2D eigenvalue weighted by Crippen LogP contribution is 2.04. The molecule has 1 unspecified atom stereocenters. The molecule has 0 aliphatic heterocycles. The Morgan fingerprint density at radius 1 is 1.53 bits per heavy atom. The van der Waals surface area contributed by atoms with E-state index in [0.717, 1.165) is 19.5 Å². The molecule has 0 saturated heterocycles. The molecule has 1 aromatic rings. The number of nitrogens with zero attached hydrogens (tertiary/aromatic N) is 2. The summed E-state index contributed by atoms with van der Waals surface area (Å²) in [5.74, 6) is 0. The van der Waals surface area contributed by atoms with Gasteiger partial charge in [-0.3, -0.25) is 0 Å². The van der Waals surface area contributed by atoms with Gasteiger partial charge in [-0.1, -0.05) is 6.92 Å². The zero-order valence-electron chi connectivity index (χ0n) is 9.53. The first-order chi connectivity index (χ1) is 7.31. The van der Waals surface area contributed by atoms with Crippen molar-refractivity contribution in [2.24, 2.45) is 0 Å². The zero-order valence-corrected chi connectivity index (χ0v) is 9.53. The molecule has 3 nitrogen and oxygen atoms in total. The monoisotopic (exact) mass is 205 g/mol. The molecule has 0 aliphatic rings. The maximum Gasteiger partial charge on any atom is 0.0638 e. The van der Waals surface area contributed by atoms with E-state index >= 15 is 0 Å². The zero-order chi connectivity index (χ0) is 11.1. The number of hydrogen-bond acceptors (Lipinski definition) is 2. The van der Waals surface area contributed by atoms with E-state index in [-0.39, 0.29) is 0 Å². The first kappa shape index (κ1) is 11.8. The summed E-state index contributed by atoms with van der Waals surface area (Å²) >= 11 is 0. The van der Waals surface area contributed by atoms with Gasteiger partial charge in [-0.05, 0) is 25.5 Å². The molecule has 1 atom stereocenters. The van der Waals surface area contributed by atoms with Crippen LogP contribution in [0.4, 0.5) is 0 Å². The summed E-state index contributed by atoms with van der Waals surface area (Å²) in [6.45, 7) is 6.09. The Hall–Kier alpha value is -1.27. The van der Waals surface area contributed by atoms with Crippen LogP contribution in [0.3, 0.4) is 0 Å². The molecule has 0 aromatic carbocycles. The Morgan fingerprint density at radius 2 is 2.33 bits per heavy atom. The number of aryl methyl sites for hydroxylation is 1. The molecule has 82 valence electrons. The summed E-state index contributed by atoms with van der Waals surface area (Å²) in [7, 11) is 0. The Balaban J connectivity index is 2.45. The summed E-state index contributed by atoms with van der Waals surface area (Å²) in [5, 5.41) is 12.0. The third-order valence-corrected chi connectivity index (χ3v) is 2.67. The fourth-order valence-electron chi connectivity index (χ4n) is 1.64. The molecular weight excluding hydrogens is 186 g/mol. The van der Waals surface area contributed by atoms with Crippen LogP contribution in [-0.4, -0.2) is 10.6 Å². The summed E-state index contributed by atoms with van der Waals surface area (Å²) in [4.78, 5) is 0. The molecule has 0 amide bonds. The highest BCUT2D eigenvalue weighted by atomic mass is 15.0. The molecule has 1 rings (SSSR count). The van der Waals surface area contributed by atoms with E-state index in [1.165, 1.54) is 5.69 Å². The van der Waals surface area contributed by atoms with Gasteiger partial charge in [0, 0.05) is 31.0 Å². The van der Waals surface area contributed by atoms with Gasteiger partial charge in [-0.25, -0.2) is 0 Å². The van der Waals surface area contributed by atoms with Crippen LogP contribution in [0.5, 0.6) is 0 Å². The normalized spacial score (nSPS) is 12.3. The van der Waals surface area contributed by atoms with Crippen LogP contribution in [0.1, 0.15) is 32.4 Å². The second-order valence-corrected chi connectivity index (χ2v) is 3.63. The first-order valence-corrected chi connectivity index (χ1v) is 5.56. The minimum atomic E-state index is 0.315. The van der Waals surface area contributed by atoms with Crippen molar-refractivity contribution in [3.63, 3.8) is 0 Å². The number of hydrogen-bond donors (Lipinski definition) is 1. The maximum atomic E-state index is 8.63. The predicted molar refractivity (Wildman–Crippen MR) is 61.3 cm³/mol. The maximum absolute atomic E-state index is 8.63. The lowest BCUT2D eigenvalue weighted by Crippen LogP contribution is -2.28. The summed E-state index contributed by atoms with van der Waals surface area (Å²) < 4.78 is 2.21. The van der Waals surface area contributed by atoms with Crippen LogP contribution in [-0.2, 0) is 13.1 Å². The van der Waals surface area contributed by atoms with Gasteiger partial charge in [0.1, 0.15) is 0 Å². The molecule has 0 radical (unpaired) electrons. The van der Waals surface area contributed by atoms with Gasteiger partial charge >= 0.3 is 0 Å². The van der Waals surface area contributed by atoms with Crippen molar-refractivity contribution in [1.29, 1.82) is 5.26 Å². The minimum absolute atomic E-state index is 0.315. The van der Waals surface area contributed by atoms with E-state index in [4.69, 9.17) is 5.26 Å². The van der Waals surface area contributed by atoms with Crippen LogP contribution in [0, 0.1) is 11.3 Å². The topological polar surface area (TPSA) is 40.8 Å². The van der Waals surface area contributed by atoms with Gasteiger partial charge in [-0.15, -0.1) is 0 Å². The van der Waals surface area contributed by atoms with Gasteiger partial charge in [0.15, 0.2) is 0 Å².